The Morgan fingerprint density at radius 2 is 2.00 bits per heavy atom. The molecule has 0 aliphatic rings. The Morgan fingerprint density at radius 3 is 2.72 bits per heavy atom. The number of pyridine rings is 1. The number of carbonyl (C=O) groups excluding carboxylic acids is 1. The molecule has 25 heavy (non-hydrogen) atoms. The number of nitrogens with zero attached hydrogens (tertiary/aromatic N) is 1. The highest BCUT2D eigenvalue weighted by atomic mass is 32.1. The molecule has 0 aliphatic heterocycles. The molecule has 130 valence electrons. The third kappa shape index (κ3) is 4.23. The molecular weight excluding hydrogens is 330 g/mol. The van der Waals surface area contributed by atoms with Crippen LogP contribution in [0.25, 0.3) is 20.9 Å². The minimum Gasteiger partial charge on any atom is -0.326 e. The number of hydrogen-bond donors (Lipinski definition) is 1. The fourth-order valence-corrected chi connectivity index (χ4v) is 3.94. The number of nitrogens with one attached hydrogen (secondary N) is 2. The number of H-pyrrole nitrogens is 1. The molecule has 2 N–H and O–H groups in total. The van der Waals surface area contributed by atoms with E-state index in [2.05, 4.69) is 29.1 Å². The second kappa shape index (κ2) is 8.21. The molecule has 4 nitrogen and oxygen atoms in total. The van der Waals surface area contributed by atoms with Crippen LogP contribution in [-0.4, -0.2) is 10.9 Å². The Balaban J connectivity index is 1.80. The molecule has 5 heteroatoms. The van der Waals surface area contributed by atoms with Crippen LogP contribution in [0.2, 0.25) is 0 Å². The molecule has 0 radical (unpaired) electrons. The van der Waals surface area contributed by atoms with E-state index in [-0.39, 0.29) is 11.8 Å². The molecule has 0 saturated carbocycles. The number of anilines is 1. The van der Waals surface area contributed by atoms with Gasteiger partial charge in [-0.3, -0.25) is 4.79 Å². The number of aromatic amines is 1. The van der Waals surface area contributed by atoms with Crippen molar-refractivity contribution in [2.75, 3.05) is 5.32 Å². The predicted octanol–water partition coefficient (Wildman–Crippen LogP) is 4.93. The van der Waals surface area contributed by atoms with Gasteiger partial charge in [-0.2, -0.15) is 0 Å². The van der Waals surface area contributed by atoms with Crippen LogP contribution < -0.4 is 10.3 Å². The molecule has 2 aromatic heterocycles. The lowest BCUT2D eigenvalue weighted by atomic mass is 9.97. The van der Waals surface area contributed by atoms with E-state index in [1.54, 1.807) is 11.3 Å². The molecule has 0 unspecified atom stereocenters. The summed E-state index contributed by atoms with van der Waals surface area (Å²) in [5.74, 6) is 0.217. The average Bonchev–Trinajstić information content (AvgIpc) is 3.06. The Kier molecular flexibility index (Phi) is 5.76. The van der Waals surface area contributed by atoms with Crippen LogP contribution in [0.15, 0.2) is 42.6 Å². The molecule has 0 fully saturated rings. The van der Waals surface area contributed by atoms with E-state index in [9.17, 15) is 4.79 Å². The highest BCUT2D eigenvalue weighted by molar-refractivity contribution is 7.20. The summed E-state index contributed by atoms with van der Waals surface area (Å²) < 4.78 is 0. The van der Waals surface area contributed by atoms with E-state index in [4.69, 9.17) is 0 Å². The van der Waals surface area contributed by atoms with Crippen LogP contribution >= 0.6 is 11.3 Å². The monoisotopic (exact) mass is 354 g/mol. The van der Waals surface area contributed by atoms with Gasteiger partial charge in [0, 0.05) is 23.2 Å². The van der Waals surface area contributed by atoms with Gasteiger partial charge in [0.25, 0.3) is 4.83 Å². The normalized spacial score (nSPS) is 11.2. The van der Waals surface area contributed by atoms with E-state index in [1.165, 1.54) is 0 Å². The first-order valence-electron chi connectivity index (χ1n) is 8.89. The van der Waals surface area contributed by atoms with Crippen molar-refractivity contribution in [2.45, 2.75) is 39.5 Å². The summed E-state index contributed by atoms with van der Waals surface area (Å²) >= 11 is 1.62. The van der Waals surface area contributed by atoms with Crippen LogP contribution in [-0.2, 0) is 4.79 Å². The summed E-state index contributed by atoms with van der Waals surface area (Å²) in [7, 11) is 0. The standard InChI is InChI=1S/C20H23N3OS/c1-3-7-14(8-4-2)18(24)22-16-10-5-9-15(13-16)19-23-17-11-6-12-21-20(17)25-19/h5-6,9-14H,3-4,7-8H2,1-2H3,(H,22,24)/p+1. The van der Waals surface area contributed by atoms with Gasteiger partial charge in [0.05, 0.1) is 0 Å². The minimum atomic E-state index is 0.0932. The number of amides is 1. The van der Waals surface area contributed by atoms with Crippen molar-refractivity contribution < 1.29 is 9.78 Å². The van der Waals surface area contributed by atoms with Gasteiger partial charge >= 0.3 is 0 Å². The quantitative estimate of drug-likeness (QED) is 0.654. The summed E-state index contributed by atoms with van der Waals surface area (Å²) in [5.41, 5.74) is 2.82. The lowest BCUT2D eigenvalue weighted by molar-refractivity contribution is -0.341. The number of hydrogen-bond acceptors (Lipinski definition) is 3. The molecule has 1 amide bonds. The zero-order valence-corrected chi connectivity index (χ0v) is 15.5. The number of benzene rings is 1. The fraction of sp³-hybridized carbons (Fsp3) is 0.350. The molecule has 3 aromatic rings. The van der Waals surface area contributed by atoms with Crippen LogP contribution in [0.4, 0.5) is 5.69 Å². The summed E-state index contributed by atoms with van der Waals surface area (Å²) in [6.07, 6.45) is 5.84. The van der Waals surface area contributed by atoms with E-state index in [1.807, 2.05) is 42.6 Å². The van der Waals surface area contributed by atoms with Gasteiger partial charge in [0.1, 0.15) is 10.5 Å². The van der Waals surface area contributed by atoms with E-state index >= 15 is 0 Å². The van der Waals surface area contributed by atoms with Gasteiger partial charge in [-0.15, -0.1) is 0 Å². The lowest BCUT2D eigenvalue weighted by Gasteiger charge is -2.15. The third-order valence-electron chi connectivity index (χ3n) is 4.24. The molecule has 0 spiro atoms. The largest absolute Gasteiger partial charge is 0.326 e. The number of fused-ring (bicyclic) bond motifs is 1. The van der Waals surface area contributed by atoms with Crippen LogP contribution in [0, 0.1) is 5.92 Å². The zero-order valence-electron chi connectivity index (χ0n) is 14.7. The molecule has 1 aromatic carbocycles. The van der Waals surface area contributed by atoms with E-state index in [0.29, 0.717) is 0 Å². The molecule has 0 aliphatic carbocycles. The van der Waals surface area contributed by atoms with Crippen molar-refractivity contribution >= 4 is 33.3 Å². The van der Waals surface area contributed by atoms with Gasteiger partial charge in [0.15, 0.2) is 6.20 Å². The number of carbonyl (C=O) groups is 1. The smallest absolute Gasteiger partial charge is 0.287 e. The summed E-state index contributed by atoms with van der Waals surface area (Å²) in [5, 5.41) is 4.04. The zero-order chi connectivity index (χ0) is 17.6. The molecule has 0 atom stereocenters. The van der Waals surface area contributed by atoms with Gasteiger partial charge in [-0.1, -0.05) is 38.8 Å². The second-order valence-electron chi connectivity index (χ2n) is 6.25. The predicted molar refractivity (Wildman–Crippen MR) is 104 cm³/mol. The number of thiazole rings is 1. The van der Waals surface area contributed by atoms with Gasteiger partial charge < -0.3 is 5.32 Å². The van der Waals surface area contributed by atoms with Crippen molar-refractivity contribution in [1.29, 1.82) is 0 Å². The first-order chi connectivity index (χ1) is 12.2. The summed E-state index contributed by atoms with van der Waals surface area (Å²) in [4.78, 5) is 21.5. The maximum absolute atomic E-state index is 12.6. The lowest BCUT2D eigenvalue weighted by Crippen LogP contribution is -2.22. The Hall–Kier alpha value is -2.27. The molecule has 0 saturated heterocycles. The van der Waals surface area contributed by atoms with Gasteiger partial charge in [-0.25, -0.2) is 9.97 Å². The Bertz CT molecular complexity index is 820. The van der Waals surface area contributed by atoms with Crippen molar-refractivity contribution in [3.63, 3.8) is 0 Å². The van der Waals surface area contributed by atoms with Crippen LogP contribution in [0.5, 0.6) is 0 Å². The topological polar surface area (TPSA) is 56.1 Å². The first-order valence-corrected chi connectivity index (χ1v) is 9.71. The Morgan fingerprint density at radius 1 is 1.20 bits per heavy atom. The summed E-state index contributed by atoms with van der Waals surface area (Å²) in [6.45, 7) is 4.25. The summed E-state index contributed by atoms with van der Waals surface area (Å²) in [6, 6.07) is 11.9. The van der Waals surface area contributed by atoms with Crippen molar-refractivity contribution in [1.82, 2.24) is 4.98 Å². The molecule has 3 rings (SSSR count). The highest BCUT2D eigenvalue weighted by Gasteiger charge is 2.17. The van der Waals surface area contributed by atoms with Crippen molar-refractivity contribution in [3.8, 4) is 10.6 Å². The second-order valence-corrected chi connectivity index (χ2v) is 7.25. The van der Waals surface area contributed by atoms with Gasteiger partial charge in [-0.05, 0) is 42.4 Å². The Labute approximate surface area is 152 Å². The maximum atomic E-state index is 12.6. The average molecular weight is 354 g/mol. The van der Waals surface area contributed by atoms with E-state index < -0.39 is 0 Å². The van der Waals surface area contributed by atoms with Crippen LogP contribution in [0.3, 0.4) is 0 Å². The van der Waals surface area contributed by atoms with Crippen molar-refractivity contribution in [3.05, 3.63) is 42.6 Å². The first kappa shape index (κ1) is 17.5. The third-order valence-corrected chi connectivity index (χ3v) is 5.29. The number of aromatic nitrogens is 2. The SMILES string of the molecule is CCCC(CCC)C(=O)Nc1cccc(-c2nc3ccc[nH+]c3s2)c1. The minimum absolute atomic E-state index is 0.0932. The fourth-order valence-electron chi connectivity index (χ4n) is 3.01. The molecule has 0 bridgehead atoms. The van der Waals surface area contributed by atoms with Crippen molar-refractivity contribution in [2.24, 2.45) is 5.92 Å². The number of rotatable bonds is 7. The highest BCUT2D eigenvalue weighted by Crippen LogP contribution is 2.29. The van der Waals surface area contributed by atoms with Gasteiger partial charge in [0.2, 0.25) is 5.91 Å². The maximum Gasteiger partial charge on any atom is 0.287 e. The molecule has 2 heterocycles. The van der Waals surface area contributed by atoms with E-state index in [0.717, 1.165) is 52.3 Å². The van der Waals surface area contributed by atoms with Crippen LogP contribution in [0.1, 0.15) is 39.5 Å². The molecular formula is C20H24N3OS+.